The molecule has 0 aromatic rings. The first-order valence-corrected chi connectivity index (χ1v) is 19.1. The molecule has 0 atom stereocenters. The van der Waals surface area contributed by atoms with Gasteiger partial charge in [-0.2, -0.15) is 0 Å². The van der Waals surface area contributed by atoms with Gasteiger partial charge in [0.05, 0.1) is 0 Å². The molecular formula is C15H30Cl6OSi2. The van der Waals surface area contributed by atoms with Gasteiger partial charge in [-0.1, -0.05) is 51.4 Å². The second-order valence-electron chi connectivity index (χ2n) is 6.23. The first kappa shape index (κ1) is 26.1. The SMILES string of the molecule is ClCCCOCCCCCCCCCCC[Si](Cl)(Cl)C[Si](Cl)(Cl)Cl. The summed E-state index contributed by atoms with van der Waals surface area (Å²) in [5.41, 5.74) is 0.434. The first-order valence-electron chi connectivity index (χ1n) is 8.85. The molecule has 0 rings (SSSR count). The molecule has 146 valence electrons. The van der Waals surface area contributed by atoms with E-state index in [4.69, 9.17) is 71.7 Å². The molecule has 0 aromatic heterocycles. The smallest absolute Gasteiger partial charge is 0.341 e. The van der Waals surface area contributed by atoms with Crippen LogP contribution in [0.2, 0.25) is 11.7 Å². The summed E-state index contributed by atoms with van der Waals surface area (Å²) >= 11 is 36.0. The third-order valence-corrected chi connectivity index (χ3v) is 15.9. The van der Waals surface area contributed by atoms with Crippen molar-refractivity contribution in [2.24, 2.45) is 0 Å². The van der Waals surface area contributed by atoms with Crippen molar-refractivity contribution in [3.8, 4) is 0 Å². The van der Waals surface area contributed by atoms with Gasteiger partial charge in [-0.15, -0.1) is 67.0 Å². The Kier molecular flexibility index (Phi) is 17.6. The van der Waals surface area contributed by atoms with Crippen LogP contribution in [0.25, 0.3) is 0 Å². The van der Waals surface area contributed by atoms with Gasteiger partial charge in [-0.3, -0.25) is 0 Å². The van der Waals surface area contributed by atoms with Crippen LogP contribution in [0.5, 0.6) is 0 Å². The lowest BCUT2D eigenvalue weighted by Gasteiger charge is -2.19. The van der Waals surface area contributed by atoms with Crippen molar-refractivity contribution in [3.05, 3.63) is 0 Å². The summed E-state index contributed by atoms with van der Waals surface area (Å²) in [6.45, 7) is -0.685. The van der Waals surface area contributed by atoms with Crippen molar-refractivity contribution in [3.63, 3.8) is 0 Å². The average Bonchev–Trinajstić information content (AvgIpc) is 2.45. The molecule has 0 aliphatic carbocycles. The van der Waals surface area contributed by atoms with Gasteiger partial charge in [-0.05, 0) is 18.9 Å². The van der Waals surface area contributed by atoms with Gasteiger partial charge in [0.15, 0.2) is 0 Å². The Morgan fingerprint density at radius 2 is 1.04 bits per heavy atom. The number of alkyl halides is 1. The van der Waals surface area contributed by atoms with E-state index in [0.29, 0.717) is 11.5 Å². The van der Waals surface area contributed by atoms with Gasteiger partial charge >= 0.3 is 6.00 Å². The molecule has 0 bridgehead atoms. The van der Waals surface area contributed by atoms with Crippen molar-refractivity contribution in [1.29, 1.82) is 0 Å². The minimum atomic E-state index is -2.70. The maximum atomic E-state index is 6.34. The normalized spacial score (nSPS) is 12.8. The molecule has 24 heavy (non-hydrogen) atoms. The summed E-state index contributed by atoms with van der Waals surface area (Å²) < 4.78 is 5.48. The van der Waals surface area contributed by atoms with Crippen LogP contribution in [0.3, 0.4) is 0 Å². The fourth-order valence-electron chi connectivity index (χ4n) is 2.47. The number of unbranched alkanes of at least 4 members (excludes halogenated alkanes) is 8. The molecule has 0 amide bonds. The van der Waals surface area contributed by atoms with E-state index in [2.05, 4.69) is 0 Å². The Bertz CT molecular complexity index is 290. The zero-order chi connectivity index (χ0) is 18.3. The molecule has 0 unspecified atom stereocenters. The molecular weight excluding hydrogens is 465 g/mol. The molecule has 0 spiro atoms. The molecule has 0 aromatic carbocycles. The van der Waals surface area contributed by atoms with Crippen LogP contribution in [-0.2, 0) is 4.74 Å². The average molecular weight is 495 g/mol. The van der Waals surface area contributed by atoms with E-state index in [0.717, 1.165) is 38.5 Å². The highest BCUT2D eigenvalue weighted by Gasteiger charge is 2.40. The van der Waals surface area contributed by atoms with E-state index in [1.54, 1.807) is 0 Å². The lowest BCUT2D eigenvalue weighted by Crippen LogP contribution is -2.28. The molecule has 0 aliphatic rings. The minimum absolute atomic E-state index is 0.434. The van der Waals surface area contributed by atoms with Crippen LogP contribution in [0.4, 0.5) is 0 Å². The summed E-state index contributed by atoms with van der Waals surface area (Å²) in [6, 6.07) is -1.87. The standard InChI is InChI=1S/C15H30Cl6OSi2/c16-11-10-13-22-12-8-6-4-2-1-3-5-7-9-14-23(17,18)15-24(19,20)21/h1-15H2. The van der Waals surface area contributed by atoms with Gasteiger partial charge in [0.1, 0.15) is 0 Å². The number of rotatable bonds is 17. The van der Waals surface area contributed by atoms with Crippen molar-refractivity contribution < 1.29 is 4.74 Å². The predicted molar refractivity (Wildman–Crippen MR) is 118 cm³/mol. The van der Waals surface area contributed by atoms with Crippen LogP contribution in [0, 0.1) is 0 Å². The number of ether oxygens (including phenoxy) is 1. The van der Waals surface area contributed by atoms with Crippen LogP contribution in [0.15, 0.2) is 0 Å². The van der Waals surface area contributed by atoms with Crippen LogP contribution in [0.1, 0.15) is 64.2 Å². The fourth-order valence-corrected chi connectivity index (χ4v) is 20.7. The van der Waals surface area contributed by atoms with Crippen LogP contribution < -0.4 is 0 Å². The van der Waals surface area contributed by atoms with Crippen molar-refractivity contribution in [2.45, 2.75) is 75.9 Å². The molecule has 0 heterocycles. The Balaban J connectivity index is 3.28. The molecule has 0 N–H and O–H groups in total. The number of halogens is 6. The van der Waals surface area contributed by atoms with Gasteiger partial charge < -0.3 is 4.74 Å². The molecule has 0 aliphatic heterocycles. The van der Waals surface area contributed by atoms with Crippen LogP contribution >= 0.6 is 67.0 Å². The quantitative estimate of drug-likeness (QED) is 0.0855. The fraction of sp³-hybridized carbons (Fsp3) is 1.00. The monoisotopic (exact) mass is 492 g/mol. The highest BCUT2D eigenvalue weighted by Crippen LogP contribution is 2.38. The molecule has 1 nitrogen and oxygen atoms in total. The van der Waals surface area contributed by atoms with Crippen molar-refractivity contribution >= 4 is 79.7 Å². The highest BCUT2D eigenvalue weighted by molar-refractivity contribution is 7.69. The topological polar surface area (TPSA) is 9.23 Å². The van der Waals surface area contributed by atoms with Crippen LogP contribution in [-0.4, -0.2) is 31.8 Å². The zero-order valence-corrected chi connectivity index (χ0v) is 20.8. The van der Waals surface area contributed by atoms with E-state index < -0.39 is 12.7 Å². The summed E-state index contributed by atoms with van der Waals surface area (Å²) in [7, 11) is 0. The van der Waals surface area contributed by atoms with E-state index in [-0.39, 0.29) is 0 Å². The summed E-state index contributed by atoms with van der Waals surface area (Å²) in [6.07, 6.45) is 12.0. The van der Waals surface area contributed by atoms with E-state index in [1.807, 2.05) is 0 Å². The number of hydrogen-bond acceptors (Lipinski definition) is 1. The minimum Gasteiger partial charge on any atom is -0.381 e. The molecule has 0 fully saturated rings. The van der Waals surface area contributed by atoms with Gasteiger partial charge in [0.25, 0.3) is 6.69 Å². The van der Waals surface area contributed by atoms with E-state index in [9.17, 15) is 0 Å². The third kappa shape index (κ3) is 20.4. The van der Waals surface area contributed by atoms with Gasteiger partial charge in [-0.25, -0.2) is 0 Å². The van der Waals surface area contributed by atoms with Crippen molar-refractivity contribution in [1.82, 2.24) is 0 Å². The summed E-state index contributed by atoms with van der Waals surface area (Å²) in [4.78, 5) is 0. The van der Waals surface area contributed by atoms with E-state index >= 15 is 0 Å². The Morgan fingerprint density at radius 3 is 1.54 bits per heavy atom. The Labute approximate surface area is 178 Å². The predicted octanol–water partition coefficient (Wildman–Crippen LogP) is 8.26. The second-order valence-corrected chi connectivity index (χ2v) is 23.9. The van der Waals surface area contributed by atoms with Crippen molar-refractivity contribution in [2.75, 3.05) is 19.1 Å². The Morgan fingerprint density at radius 1 is 0.583 bits per heavy atom. The maximum absolute atomic E-state index is 6.34. The van der Waals surface area contributed by atoms with Gasteiger partial charge in [0, 0.05) is 24.8 Å². The lowest BCUT2D eigenvalue weighted by molar-refractivity contribution is 0.131. The summed E-state index contributed by atoms with van der Waals surface area (Å²) in [5.74, 6) is 0.688. The van der Waals surface area contributed by atoms with Gasteiger partial charge in [0.2, 0.25) is 0 Å². The molecule has 0 saturated heterocycles. The lowest BCUT2D eigenvalue weighted by atomic mass is 10.1. The first-order chi connectivity index (χ1) is 11.3. The highest BCUT2D eigenvalue weighted by atomic mass is 35.8. The number of hydrogen-bond donors (Lipinski definition) is 0. The summed E-state index contributed by atoms with van der Waals surface area (Å²) in [5, 5.41) is 0. The zero-order valence-electron chi connectivity index (χ0n) is 14.3. The van der Waals surface area contributed by atoms with E-state index in [1.165, 1.54) is 44.9 Å². The third-order valence-electron chi connectivity index (χ3n) is 3.71. The molecule has 0 saturated carbocycles. The second kappa shape index (κ2) is 16.1. The Hall–Kier alpha value is 2.13. The largest absolute Gasteiger partial charge is 0.381 e. The molecule has 9 heteroatoms. The maximum Gasteiger partial charge on any atom is 0.341 e. The molecule has 0 radical (unpaired) electrons.